The normalized spacial score (nSPS) is 28.2. The lowest BCUT2D eigenvalue weighted by molar-refractivity contribution is -0.131. The first-order chi connectivity index (χ1) is 15.1. The molecule has 4 aliphatic carbocycles. The minimum Gasteiger partial charge on any atom is -0.437 e. The van der Waals surface area contributed by atoms with Crippen LogP contribution in [0.25, 0.3) is 0 Å². The third-order valence-corrected chi connectivity index (χ3v) is 7.03. The Morgan fingerprint density at radius 3 is 2.45 bits per heavy atom. The van der Waals surface area contributed by atoms with Crippen molar-refractivity contribution in [2.24, 2.45) is 23.2 Å². The van der Waals surface area contributed by atoms with E-state index in [1.54, 1.807) is 36.7 Å². The Morgan fingerprint density at radius 1 is 1.03 bits per heavy atom. The lowest BCUT2D eigenvalue weighted by atomic mass is 9.49. The second-order valence-corrected chi connectivity index (χ2v) is 9.59. The summed E-state index contributed by atoms with van der Waals surface area (Å²) in [5, 5.41) is 5.64. The molecule has 7 heteroatoms. The largest absolute Gasteiger partial charge is 0.437 e. The molecule has 1 aromatic heterocycles. The molecule has 162 valence electrons. The molecule has 7 nitrogen and oxygen atoms in total. The van der Waals surface area contributed by atoms with Crippen LogP contribution in [0.1, 0.15) is 44.9 Å². The zero-order chi connectivity index (χ0) is 21.3. The number of ether oxygens (including phenoxy) is 1. The van der Waals surface area contributed by atoms with Crippen LogP contribution in [0.3, 0.4) is 0 Å². The SMILES string of the molecule is O=C(CC12CC3CC(CC(C3)C1)C2)NCC(=O)Nc1cccc(Oc2cnccn2)c1. The Labute approximate surface area is 182 Å². The number of benzene rings is 1. The maximum Gasteiger partial charge on any atom is 0.243 e. The van der Waals surface area contributed by atoms with Gasteiger partial charge >= 0.3 is 0 Å². The molecule has 0 unspecified atom stereocenters. The van der Waals surface area contributed by atoms with E-state index in [2.05, 4.69) is 20.6 Å². The average Bonchev–Trinajstić information content (AvgIpc) is 2.72. The van der Waals surface area contributed by atoms with Gasteiger partial charge in [-0.2, -0.15) is 0 Å². The number of nitrogens with one attached hydrogen (secondary N) is 2. The first-order valence-electron chi connectivity index (χ1n) is 11.2. The molecular weight excluding hydrogens is 392 g/mol. The fourth-order valence-corrected chi connectivity index (χ4v) is 6.39. The van der Waals surface area contributed by atoms with Gasteiger partial charge in [0.15, 0.2) is 0 Å². The first kappa shape index (κ1) is 20.0. The number of nitrogens with zero attached hydrogens (tertiary/aromatic N) is 2. The van der Waals surface area contributed by atoms with Crippen LogP contribution < -0.4 is 15.4 Å². The van der Waals surface area contributed by atoms with E-state index >= 15 is 0 Å². The average molecular weight is 421 g/mol. The highest BCUT2D eigenvalue weighted by atomic mass is 16.5. The third kappa shape index (κ3) is 4.70. The second-order valence-electron chi connectivity index (χ2n) is 9.59. The van der Waals surface area contributed by atoms with Gasteiger partial charge in [0.1, 0.15) is 5.75 Å². The van der Waals surface area contributed by atoms with E-state index in [0.29, 0.717) is 23.7 Å². The minimum atomic E-state index is -0.254. The molecule has 4 fully saturated rings. The summed E-state index contributed by atoms with van der Waals surface area (Å²) in [6.45, 7) is -0.0273. The van der Waals surface area contributed by atoms with Gasteiger partial charge < -0.3 is 15.4 Å². The maximum atomic E-state index is 12.6. The quantitative estimate of drug-likeness (QED) is 0.708. The van der Waals surface area contributed by atoms with Gasteiger partial charge in [0.2, 0.25) is 17.7 Å². The number of rotatable bonds is 7. The molecule has 0 aliphatic heterocycles. The van der Waals surface area contributed by atoms with Crippen molar-refractivity contribution < 1.29 is 14.3 Å². The molecule has 2 aromatic rings. The Kier molecular flexibility index (Phi) is 5.34. The summed E-state index contributed by atoms with van der Waals surface area (Å²) in [6.07, 6.45) is 12.9. The molecule has 2 N–H and O–H groups in total. The summed E-state index contributed by atoms with van der Waals surface area (Å²) in [5.41, 5.74) is 0.781. The predicted molar refractivity (Wildman–Crippen MR) is 115 cm³/mol. The van der Waals surface area contributed by atoms with Crippen LogP contribution in [0.15, 0.2) is 42.9 Å². The van der Waals surface area contributed by atoms with Gasteiger partial charge in [-0.25, -0.2) is 4.98 Å². The second kappa shape index (κ2) is 8.29. The molecule has 1 aromatic carbocycles. The van der Waals surface area contributed by atoms with E-state index in [4.69, 9.17) is 4.74 Å². The van der Waals surface area contributed by atoms with Crippen LogP contribution in [0.4, 0.5) is 5.69 Å². The molecule has 4 aliphatic rings. The summed E-state index contributed by atoms with van der Waals surface area (Å²) in [6, 6.07) is 7.05. The van der Waals surface area contributed by atoms with Gasteiger partial charge in [0, 0.05) is 30.6 Å². The highest BCUT2D eigenvalue weighted by Gasteiger charge is 2.51. The van der Waals surface area contributed by atoms with Crippen molar-refractivity contribution in [2.75, 3.05) is 11.9 Å². The van der Waals surface area contributed by atoms with Crippen LogP contribution in [0.5, 0.6) is 11.6 Å². The standard InChI is InChI=1S/C24H28N4O3/c29-21(13-24-10-16-6-17(11-24)8-18(7-16)12-24)27-14-22(30)28-19-2-1-3-20(9-19)31-23-15-25-4-5-26-23/h1-5,9,15-18H,6-8,10-14H2,(H,27,29)(H,28,30). The van der Waals surface area contributed by atoms with Crippen molar-refractivity contribution in [2.45, 2.75) is 44.9 Å². The Balaban J connectivity index is 1.11. The number of carbonyl (C=O) groups is 2. The Bertz CT molecular complexity index is 927. The molecule has 4 bridgehead atoms. The van der Waals surface area contributed by atoms with E-state index in [1.807, 2.05) is 0 Å². The first-order valence-corrected chi connectivity index (χ1v) is 11.2. The fourth-order valence-electron chi connectivity index (χ4n) is 6.39. The van der Waals surface area contributed by atoms with Crippen LogP contribution in [-0.4, -0.2) is 28.3 Å². The summed E-state index contributed by atoms with van der Waals surface area (Å²) < 4.78 is 5.64. The molecular formula is C24H28N4O3. The number of aromatic nitrogens is 2. The monoisotopic (exact) mass is 420 g/mol. The molecule has 0 saturated heterocycles. The zero-order valence-electron chi connectivity index (χ0n) is 17.5. The third-order valence-electron chi connectivity index (χ3n) is 7.03. The molecule has 2 amide bonds. The molecule has 6 rings (SSSR count). The fraction of sp³-hybridized carbons (Fsp3) is 0.500. The maximum absolute atomic E-state index is 12.6. The van der Waals surface area contributed by atoms with Crippen molar-refractivity contribution in [3.63, 3.8) is 0 Å². The van der Waals surface area contributed by atoms with Crippen molar-refractivity contribution in [3.05, 3.63) is 42.9 Å². The van der Waals surface area contributed by atoms with E-state index in [1.165, 1.54) is 44.7 Å². The van der Waals surface area contributed by atoms with Crippen LogP contribution in [0, 0.1) is 23.2 Å². The summed E-state index contributed by atoms with van der Waals surface area (Å²) in [7, 11) is 0. The van der Waals surface area contributed by atoms with Crippen molar-refractivity contribution >= 4 is 17.5 Å². The van der Waals surface area contributed by atoms with Gasteiger partial charge in [-0.05, 0) is 73.8 Å². The minimum absolute atomic E-state index is 0.00293. The molecule has 4 saturated carbocycles. The zero-order valence-corrected chi connectivity index (χ0v) is 17.5. The van der Waals surface area contributed by atoms with E-state index in [-0.39, 0.29) is 23.8 Å². The number of hydrogen-bond acceptors (Lipinski definition) is 5. The highest BCUT2D eigenvalue weighted by molar-refractivity contribution is 5.94. The van der Waals surface area contributed by atoms with E-state index < -0.39 is 0 Å². The highest BCUT2D eigenvalue weighted by Crippen LogP contribution is 2.61. The number of anilines is 1. The van der Waals surface area contributed by atoms with Gasteiger partial charge in [-0.1, -0.05) is 6.07 Å². The smallest absolute Gasteiger partial charge is 0.243 e. The molecule has 0 radical (unpaired) electrons. The number of amides is 2. The Morgan fingerprint density at radius 2 is 1.77 bits per heavy atom. The molecule has 31 heavy (non-hydrogen) atoms. The van der Waals surface area contributed by atoms with E-state index in [9.17, 15) is 9.59 Å². The number of hydrogen-bond donors (Lipinski definition) is 2. The van der Waals surface area contributed by atoms with E-state index in [0.717, 1.165) is 17.8 Å². The van der Waals surface area contributed by atoms with Gasteiger partial charge in [0.25, 0.3) is 0 Å². The summed E-state index contributed by atoms with van der Waals surface area (Å²) in [5.74, 6) is 3.12. The van der Waals surface area contributed by atoms with Crippen molar-refractivity contribution in [1.82, 2.24) is 15.3 Å². The lowest BCUT2D eigenvalue weighted by Crippen LogP contribution is -2.48. The van der Waals surface area contributed by atoms with Gasteiger partial charge in [0.05, 0.1) is 12.7 Å². The molecule has 0 spiro atoms. The van der Waals surface area contributed by atoms with Crippen LogP contribution in [0.2, 0.25) is 0 Å². The molecule has 0 atom stereocenters. The van der Waals surface area contributed by atoms with Crippen molar-refractivity contribution in [3.8, 4) is 11.6 Å². The van der Waals surface area contributed by atoms with Crippen LogP contribution in [-0.2, 0) is 9.59 Å². The lowest BCUT2D eigenvalue weighted by Gasteiger charge is -2.56. The summed E-state index contributed by atoms with van der Waals surface area (Å²) in [4.78, 5) is 33.0. The van der Waals surface area contributed by atoms with Gasteiger partial charge in [-0.3, -0.25) is 14.6 Å². The topological polar surface area (TPSA) is 93.2 Å². The molecule has 1 heterocycles. The number of carbonyl (C=O) groups excluding carboxylic acids is 2. The predicted octanol–water partition coefficient (Wildman–Crippen LogP) is 3.93. The Hall–Kier alpha value is -2.96. The summed E-state index contributed by atoms with van der Waals surface area (Å²) >= 11 is 0. The van der Waals surface area contributed by atoms with Crippen molar-refractivity contribution in [1.29, 1.82) is 0 Å². The van der Waals surface area contributed by atoms with Crippen LogP contribution >= 0.6 is 0 Å². The van der Waals surface area contributed by atoms with Gasteiger partial charge in [-0.15, -0.1) is 0 Å².